The van der Waals surface area contributed by atoms with Gasteiger partial charge in [0.15, 0.2) is 0 Å². The number of benzene rings is 4. The van der Waals surface area contributed by atoms with Gasteiger partial charge in [0.05, 0.1) is 12.7 Å². The summed E-state index contributed by atoms with van der Waals surface area (Å²) in [5.41, 5.74) is 2.08. The third-order valence-electron chi connectivity index (χ3n) is 9.94. The van der Waals surface area contributed by atoms with Crippen molar-refractivity contribution in [2.75, 3.05) is 20.3 Å². The van der Waals surface area contributed by atoms with Crippen molar-refractivity contribution < 1.29 is 32.1 Å². The van der Waals surface area contributed by atoms with E-state index in [2.05, 4.69) is 58.1 Å². The highest BCUT2D eigenvalue weighted by atomic mass is 19.4. The van der Waals surface area contributed by atoms with E-state index in [0.717, 1.165) is 36.0 Å². The molecule has 0 bridgehead atoms. The lowest BCUT2D eigenvalue weighted by Crippen LogP contribution is -2.50. The predicted octanol–water partition coefficient (Wildman–Crippen LogP) is 8.70. The van der Waals surface area contributed by atoms with Crippen LogP contribution in [0.15, 0.2) is 128 Å². The molecule has 5 aromatic rings. The summed E-state index contributed by atoms with van der Waals surface area (Å²) in [7, 11) is 1.75. The fourth-order valence-corrected chi connectivity index (χ4v) is 7.50. The number of alkyl halides is 3. The maximum absolute atomic E-state index is 12.6. The molecule has 1 saturated carbocycles. The smallest absolute Gasteiger partial charge is 0.493 e. The number of hydrogen-bond donors (Lipinski definition) is 0. The number of rotatable bonds is 14. The fourth-order valence-electron chi connectivity index (χ4n) is 7.50. The second-order valence-electron chi connectivity index (χ2n) is 13.1. The van der Waals surface area contributed by atoms with Crippen LogP contribution in [0.4, 0.5) is 13.2 Å². The van der Waals surface area contributed by atoms with Gasteiger partial charge in [0, 0.05) is 32.1 Å². The van der Waals surface area contributed by atoms with Crippen LogP contribution < -0.4 is 9.47 Å². The van der Waals surface area contributed by atoms with Gasteiger partial charge in [-0.1, -0.05) is 97.9 Å². The molecule has 0 amide bonds. The van der Waals surface area contributed by atoms with Crippen LogP contribution in [-0.2, 0) is 21.6 Å². The summed E-state index contributed by atoms with van der Waals surface area (Å²) >= 11 is 0. The van der Waals surface area contributed by atoms with Crippen molar-refractivity contribution in [2.45, 2.75) is 50.8 Å². The van der Waals surface area contributed by atoms with Crippen LogP contribution in [0.1, 0.15) is 42.9 Å². The van der Waals surface area contributed by atoms with Gasteiger partial charge in [-0.15, -0.1) is 13.2 Å². The van der Waals surface area contributed by atoms with Crippen molar-refractivity contribution >= 4 is 0 Å². The summed E-state index contributed by atoms with van der Waals surface area (Å²) in [6, 6.07) is 36.5. The molecule has 262 valence electrons. The molecule has 1 fully saturated rings. The van der Waals surface area contributed by atoms with Crippen molar-refractivity contribution in [3.05, 3.63) is 145 Å². The molecule has 0 N–H and O–H groups in total. The topological polar surface area (TPSA) is 67.6 Å². The summed E-state index contributed by atoms with van der Waals surface area (Å²) in [6.45, 7) is 3.68. The summed E-state index contributed by atoms with van der Waals surface area (Å²) in [4.78, 5) is 4.16. The normalized spacial score (nSPS) is 21.1. The fraction of sp³-hybridized carbons (Fsp3) is 0.350. The van der Waals surface area contributed by atoms with Crippen LogP contribution >= 0.6 is 0 Å². The number of ether oxygens (including phenoxy) is 4. The second-order valence-corrected chi connectivity index (χ2v) is 13.1. The molecule has 0 unspecified atom stereocenters. The van der Waals surface area contributed by atoms with E-state index in [1.54, 1.807) is 13.4 Å². The van der Waals surface area contributed by atoms with Crippen molar-refractivity contribution in [1.82, 2.24) is 14.8 Å². The molecule has 6 rings (SSSR count). The van der Waals surface area contributed by atoms with Crippen molar-refractivity contribution in [2.24, 2.45) is 17.3 Å². The molecule has 7 nitrogen and oxygen atoms in total. The van der Waals surface area contributed by atoms with Crippen molar-refractivity contribution in [3.63, 3.8) is 0 Å². The molecule has 0 radical (unpaired) electrons. The zero-order valence-electron chi connectivity index (χ0n) is 28.2. The number of nitrogens with zero attached hydrogens (tertiary/aromatic N) is 3. The zero-order chi connectivity index (χ0) is 35.0. The minimum absolute atomic E-state index is 0.00964. The van der Waals surface area contributed by atoms with Crippen molar-refractivity contribution in [3.8, 4) is 11.5 Å². The first-order chi connectivity index (χ1) is 24.2. The standard InChI is InChI=1S/C40H42F3N3O4/c1-38(24-25-49-39(31-12-6-3-7-13-31,32-14-8-4-9-15-32)33-16-10-5-11-17-33)23-22-30(36(37(38)47-2)26-46-29-44-28-45-46)27-48-34-18-20-35(21-19-34)50-40(41,42)43/h3-21,28-30,36-37H,22-27H2,1-2H3/t30-,36-,37+,38-/m0/s1. The van der Waals surface area contributed by atoms with Crippen LogP contribution in [0.5, 0.6) is 11.5 Å². The molecule has 1 aliphatic rings. The number of hydrogen-bond acceptors (Lipinski definition) is 6. The van der Waals surface area contributed by atoms with E-state index in [1.807, 2.05) is 59.3 Å². The SMILES string of the molecule is CO[C@@H]1[C@@H](Cn2cncn2)[C@H](COc2ccc(OC(F)(F)F)cc2)CC[C@@]1(C)CCOC(c1ccccc1)(c1ccccc1)c1ccccc1. The predicted molar refractivity (Wildman–Crippen MR) is 184 cm³/mol. The Hall–Kier alpha value is -4.67. The molecule has 4 aromatic carbocycles. The molecule has 1 heterocycles. The average Bonchev–Trinajstić information content (AvgIpc) is 3.64. The quantitative estimate of drug-likeness (QED) is 0.109. The van der Waals surface area contributed by atoms with Gasteiger partial charge in [0.2, 0.25) is 0 Å². The number of halogens is 3. The summed E-state index contributed by atoms with van der Waals surface area (Å²) < 4.78 is 63.5. The molecular formula is C40H42F3N3O4. The lowest BCUT2D eigenvalue weighted by Gasteiger charge is -2.49. The first kappa shape index (κ1) is 35.2. The maximum Gasteiger partial charge on any atom is 0.573 e. The van der Waals surface area contributed by atoms with E-state index in [-0.39, 0.29) is 29.1 Å². The molecular weight excluding hydrogens is 643 g/mol. The first-order valence-corrected chi connectivity index (χ1v) is 16.8. The lowest BCUT2D eigenvalue weighted by atomic mass is 9.62. The molecule has 1 aliphatic carbocycles. The minimum atomic E-state index is -4.75. The van der Waals surface area contributed by atoms with Gasteiger partial charge >= 0.3 is 6.36 Å². The van der Waals surface area contributed by atoms with Gasteiger partial charge in [-0.2, -0.15) is 5.10 Å². The maximum atomic E-state index is 12.6. The lowest BCUT2D eigenvalue weighted by molar-refractivity contribution is -0.274. The average molecular weight is 686 g/mol. The van der Waals surface area contributed by atoms with Crippen molar-refractivity contribution in [1.29, 1.82) is 0 Å². The Bertz CT molecular complexity index is 1640. The highest BCUT2D eigenvalue weighted by molar-refractivity contribution is 5.47. The monoisotopic (exact) mass is 685 g/mol. The molecule has 50 heavy (non-hydrogen) atoms. The minimum Gasteiger partial charge on any atom is -0.493 e. The van der Waals surface area contributed by atoms with Gasteiger partial charge in [0.25, 0.3) is 0 Å². The van der Waals surface area contributed by atoms with E-state index in [0.29, 0.717) is 25.5 Å². The van der Waals surface area contributed by atoms with Crippen LogP contribution in [0.2, 0.25) is 0 Å². The molecule has 10 heteroatoms. The van der Waals surface area contributed by atoms with Crippen LogP contribution in [0.25, 0.3) is 0 Å². The van der Waals surface area contributed by atoms with Crippen LogP contribution in [-0.4, -0.2) is 47.6 Å². The van der Waals surface area contributed by atoms with Gasteiger partial charge in [-0.25, -0.2) is 4.98 Å². The summed E-state index contributed by atoms with van der Waals surface area (Å²) in [6.07, 6.45) is 0.757. The van der Waals surface area contributed by atoms with E-state index < -0.39 is 12.0 Å². The molecule has 4 atom stereocenters. The van der Waals surface area contributed by atoms with Gasteiger partial charge in [0.1, 0.15) is 29.8 Å². The summed E-state index contributed by atoms with van der Waals surface area (Å²) in [5.74, 6) is 0.269. The highest BCUT2D eigenvalue weighted by Crippen LogP contribution is 2.48. The third-order valence-corrected chi connectivity index (χ3v) is 9.94. The number of aromatic nitrogens is 3. The van der Waals surface area contributed by atoms with Gasteiger partial charge < -0.3 is 18.9 Å². The first-order valence-electron chi connectivity index (χ1n) is 16.8. The van der Waals surface area contributed by atoms with Crippen LogP contribution in [0.3, 0.4) is 0 Å². The molecule has 1 aromatic heterocycles. The highest BCUT2D eigenvalue weighted by Gasteiger charge is 2.48. The third kappa shape index (κ3) is 8.03. The van der Waals surface area contributed by atoms with E-state index in [4.69, 9.17) is 14.2 Å². The van der Waals surface area contributed by atoms with Gasteiger partial charge in [-0.05, 0) is 65.6 Å². The Morgan fingerprint density at radius 3 is 1.86 bits per heavy atom. The Labute approximate surface area is 291 Å². The number of methoxy groups -OCH3 is 1. The van der Waals surface area contributed by atoms with E-state index >= 15 is 0 Å². The largest absolute Gasteiger partial charge is 0.573 e. The second kappa shape index (κ2) is 15.5. The Kier molecular flexibility index (Phi) is 10.9. The molecule has 0 spiro atoms. The molecule has 0 aliphatic heterocycles. The summed E-state index contributed by atoms with van der Waals surface area (Å²) in [5, 5.41) is 4.39. The van der Waals surface area contributed by atoms with E-state index in [1.165, 1.54) is 30.6 Å². The Morgan fingerprint density at radius 2 is 1.36 bits per heavy atom. The zero-order valence-corrected chi connectivity index (χ0v) is 28.2. The Balaban J connectivity index is 1.23. The molecule has 0 saturated heterocycles. The van der Waals surface area contributed by atoms with E-state index in [9.17, 15) is 13.2 Å². The van der Waals surface area contributed by atoms with Crippen LogP contribution in [0, 0.1) is 17.3 Å². The Morgan fingerprint density at radius 1 is 0.800 bits per heavy atom. The van der Waals surface area contributed by atoms with Gasteiger partial charge in [-0.3, -0.25) is 4.68 Å².